The minimum atomic E-state index is 0.760. The highest BCUT2D eigenvalue weighted by Crippen LogP contribution is 2.20. The van der Waals surface area contributed by atoms with Gasteiger partial charge in [0.1, 0.15) is 5.03 Å². The molecule has 62 valence electrons. The number of thiazole rings is 1. The SMILES string of the molecule is CSc1cnc2nc(C)sc2n1. The third-order valence-corrected chi connectivity index (χ3v) is 2.89. The van der Waals surface area contributed by atoms with Crippen molar-refractivity contribution in [3.8, 4) is 0 Å². The lowest BCUT2D eigenvalue weighted by Gasteiger charge is -1.91. The largest absolute Gasteiger partial charge is 0.232 e. The zero-order chi connectivity index (χ0) is 8.55. The first-order valence-corrected chi connectivity index (χ1v) is 5.48. The number of fused-ring (bicyclic) bond motifs is 1. The monoisotopic (exact) mass is 197 g/mol. The number of nitrogens with zero attached hydrogens (tertiary/aromatic N) is 3. The molecule has 2 aromatic rings. The normalized spacial score (nSPS) is 10.8. The Morgan fingerprint density at radius 3 is 3.00 bits per heavy atom. The smallest absolute Gasteiger partial charge is 0.189 e. The molecule has 0 atom stereocenters. The number of rotatable bonds is 1. The van der Waals surface area contributed by atoms with Crippen molar-refractivity contribution < 1.29 is 0 Å². The summed E-state index contributed by atoms with van der Waals surface area (Å²) in [4.78, 5) is 13.7. The van der Waals surface area contributed by atoms with Crippen LogP contribution < -0.4 is 0 Å². The van der Waals surface area contributed by atoms with Crippen LogP contribution in [0, 0.1) is 6.92 Å². The molecule has 0 saturated heterocycles. The molecule has 0 aliphatic rings. The Balaban J connectivity index is 2.66. The average Bonchev–Trinajstić information content (AvgIpc) is 2.43. The van der Waals surface area contributed by atoms with Crippen LogP contribution in [0.5, 0.6) is 0 Å². The summed E-state index contributed by atoms with van der Waals surface area (Å²) in [6.45, 7) is 1.97. The first-order valence-electron chi connectivity index (χ1n) is 3.44. The maximum atomic E-state index is 4.37. The van der Waals surface area contributed by atoms with Gasteiger partial charge in [-0.15, -0.1) is 11.8 Å². The Kier molecular flexibility index (Phi) is 1.98. The van der Waals surface area contributed by atoms with Gasteiger partial charge in [0.25, 0.3) is 0 Å². The van der Waals surface area contributed by atoms with E-state index in [1.807, 2.05) is 13.2 Å². The van der Waals surface area contributed by atoms with Crippen LogP contribution in [-0.2, 0) is 0 Å². The van der Waals surface area contributed by atoms with Crippen LogP contribution in [0.3, 0.4) is 0 Å². The van der Waals surface area contributed by atoms with E-state index in [4.69, 9.17) is 0 Å². The Hall–Kier alpha value is -0.680. The summed E-state index contributed by atoms with van der Waals surface area (Å²) in [6.07, 6.45) is 3.75. The Bertz CT molecular complexity index is 410. The van der Waals surface area contributed by atoms with E-state index in [0.29, 0.717) is 0 Å². The van der Waals surface area contributed by atoms with Crippen LogP contribution in [0.1, 0.15) is 5.01 Å². The van der Waals surface area contributed by atoms with Gasteiger partial charge in [-0.05, 0) is 13.2 Å². The molecule has 0 aliphatic carbocycles. The molecule has 2 aromatic heterocycles. The van der Waals surface area contributed by atoms with Crippen LogP contribution in [0.15, 0.2) is 11.2 Å². The van der Waals surface area contributed by atoms with Gasteiger partial charge in [0.15, 0.2) is 10.5 Å². The van der Waals surface area contributed by atoms with Crippen LogP contribution in [0.4, 0.5) is 0 Å². The molecule has 3 nitrogen and oxygen atoms in total. The van der Waals surface area contributed by atoms with E-state index in [-0.39, 0.29) is 0 Å². The van der Waals surface area contributed by atoms with Crippen molar-refractivity contribution in [2.75, 3.05) is 6.26 Å². The van der Waals surface area contributed by atoms with Crippen molar-refractivity contribution >= 4 is 33.6 Å². The second-order valence-corrected chi connectivity index (χ2v) is 4.28. The summed E-state index contributed by atoms with van der Waals surface area (Å²) >= 11 is 3.18. The first kappa shape index (κ1) is 7.94. The van der Waals surface area contributed by atoms with Gasteiger partial charge in [0.2, 0.25) is 0 Å². The lowest BCUT2D eigenvalue weighted by molar-refractivity contribution is 1.12. The standard InChI is InChI=1S/C7H7N3S2/c1-4-9-6-7(12-4)10-5(11-2)3-8-6/h3H,1-2H3. The zero-order valence-corrected chi connectivity index (χ0v) is 8.37. The van der Waals surface area contributed by atoms with E-state index < -0.39 is 0 Å². The van der Waals surface area contributed by atoms with Crippen molar-refractivity contribution in [2.45, 2.75) is 11.9 Å². The highest BCUT2D eigenvalue weighted by molar-refractivity contribution is 7.98. The maximum absolute atomic E-state index is 4.37. The fraction of sp³-hybridized carbons (Fsp3) is 0.286. The lowest BCUT2D eigenvalue weighted by atomic mass is 10.7. The molecule has 2 rings (SSSR count). The third kappa shape index (κ3) is 1.30. The molecule has 12 heavy (non-hydrogen) atoms. The van der Waals surface area contributed by atoms with E-state index in [9.17, 15) is 0 Å². The van der Waals surface area contributed by atoms with Gasteiger partial charge >= 0.3 is 0 Å². The summed E-state index contributed by atoms with van der Waals surface area (Å²) in [5.41, 5.74) is 0.760. The number of hydrogen-bond acceptors (Lipinski definition) is 5. The molecule has 2 heterocycles. The average molecular weight is 197 g/mol. The summed E-state index contributed by atoms with van der Waals surface area (Å²) < 4.78 is 0. The third-order valence-electron chi connectivity index (χ3n) is 1.42. The Morgan fingerprint density at radius 2 is 2.25 bits per heavy atom. The van der Waals surface area contributed by atoms with Crippen LogP contribution in [0.25, 0.3) is 10.5 Å². The van der Waals surface area contributed by atoms with Crippen LogP contribution in [-0.4, -0.2) is 21.2 Å². The van der Waals surface area contributed by atoms with E-state index >= 15 is 0 Å². The van der Waals surface area contributed by atoms with Crippen LogP contribution in [0.2, 0.25) is 0 Å². The quantitative estimate of drug-likeness (QED) is 0.656. The van der Waals surface area contributed by atoms with Gasteiger partial charge in [0, 0.05) is 0 Å². The number of hydrogen-bond donors (Lipinski definition) is 0. The minimum Gasteiger partial charge on any atom is -0.232 e. The molecular formula is C7H7N3S2. The fourth-order valence-corrected chi connectivity index (χ4v) is 2.05. The summed E-state index contributed by atoms with van der Waals surface area (Å²) in [6, 6.07) is 0. The van der Waals surface area contributed by atoms with E-state index in [0.717, 1.165) is 20.5 Å². The maximum Gasteiger partial charge on any atom is 0.189 e. The molecule has 0 aromatic carbocycles. The lowest BCUT2D eigenvalue weighted by Crippen LogP contribution is -1.82. The highest BCUT2D eigenvalue weighted by atomic mass is 32.2. The molecule has 0 bridgehead atoms. The summed E-state index contributed by atoms with van der Waals surface area (Å²) in [7, 11) is 0. The molecule has 0 saturated carbocycles. The molecule has 0 N–H and O–H groups in total. The number of thioether (sulfide) groups is 1. The molecule has 0 fully saturated rings. The summed E-state index contributed by atoms with van der Waals surface area (Å²) in [5, 5.41) is 1.97. The van der Waals surface area contributed by atoms with Crippen molar-refractivity contribution in [2.24, 2.45) is 0 Å². The van der Waals surface area contributed by atoms with Crippen LogP contribution >= 0.6 is 23.1 Å². The Labute approximate surface area is 78.3 Å². The second-order valence-electron chi connectivity index (χ2n) is 2.27. The highest BCUT2D eigenvalue weighted by Gasteiger charge is 2.03. The van der Waals surface area contributed by atoms with Gasteiger partial charge in [-0.25, -0.2) is 15.0 Å². The first-order chi connectivity index (χ1) is 5.79. The fourth-order valence-electron chi connectivity index (χ4n) is 0.906. The topological polar surface area (TPSA) is 38.7 Å². The van der Waals surface area contributed by atoms with Gasteiger partial charge in [-0.1, -0.05) is 11.3 Å². The van der Waals surface area contributed by atoms with Gasteiger partial charge in [-0.2, -0.15) is 0 Å². The van der Waals surface area contributed by atoms with Crippen molar-refractivity contribution in [3.63, 3.8) is 0 Å². The predicted molar refractivity (Wildman–Crippen MR) is 51.7 cm³/mol. The number of aryl methyl sites for hydroxylation is 1. The predicted octanol–water partition coefficient (Wildman–Crippen LogP) is 2.12. The van der Waals surface area contributed by atoms with Gasteiger partial charge in [-0.3, -0.25) is 0 Å². The molecule has 5 heteroatoms. The number of aromatic nitrogens is 3. The molecular weight excluding hydrogens is 190 g/mol. The molecule has 0 spiro atoms. The van der Waals surface area contributed by atoms with Crippen molar-refractivity contribution in [3.05, 3.63) is 11.2 Å². The van der Waals surface area contributed by atoms with E-state index in [2.05, 4.69) is 15.0 Å². The second kappa shape index (κ2) is 2.99. The van der Waals surface area contributed by atoms with E-state index in [1.165, 1.54) is 0 Å². The van der Waals surface area contributed by atoms with Gasteiger partial charge in [0.05, 0.1) is 11.2 Å². The molecule has 0 unspecified atom stereocenters. The zero-order valence-electron chi connectivity index (χ0n) is 6.74. The summed E-state index contributed by atoms with van der Waals surface area (Å²) in [5.74, 6) is 0. The van der Waals surface area contributed by atoms with Gasteiger partial charge < -0.3 is 0 Å². The molecule has 0 aliphatic heterocycles. The molecule has 0 amide bonds. The van der Waals surface area contributed by atoms with E-state index in [1.54, 1.807) is 29.3 Å². The minimum absolute atomic E-state index is 0.760. The Morgan fingerprint density at radius 1 is 1.42 bits per heavy atom. The molecule has 0 radical (unpaired) electrons. The van der Waals surface area contributed by atoms with Crippen molar-refractivity contribution in [1.82, 2.24) is 15.0 Å². The van der Waals surface area contributed by atoms with Crippen molar-refractivity contribution in [1.29, 1.82) is 0 Å².